The van der Waals surface area contributed by atoms with Crippen molar-refractivity contribution in [3.63, 3.8) is 0 Å². The lowest BCUT2D eigenvalue weighted by Crippen LogP contribution is -2.48. The van der Waals surface area contributed by atoms with Gasteiger partial charge in [-0.15, -0.1) is 0 Å². The number of carboxylic acid groups (broad SMARTS) is 1. The highest BCUT2D eigenvalue weighted by Gasteiger charge is 2.27. The molecule has 5 heteroatoms. The lowest BCUT2D eigenvalue weighted by atomic mass is 9.92. The molecule has 80 valence electrons. The minimum absolute atomic E-state index is 0.211. The molecule has 5 nitrogen and oxygen atoms in total. The molecular weight excluding hydrogens is 184 g/mol. The number of urea groups is 1. The molecule has 0 radical (unpaired) electrons. The van der Waals surface area contributed by atoms with Gasteiger partial charge in [0.25, 0.3) is 0 Å². The van der Waals surface area contributed by atoms with E-state index in [-0.39, 0.29) is 12.6 Å². The van der Waals surface area contributed by atoms with Gasteiger partial charge in [-0.3, -0.25) is 4.79 Å². The molecule has 1 fully saturated rings. The predicted molar refractivity (Wildman–Crippen MR) is 51.1 cm³/mol. The van der Waals surface area contributed by atoms with E-state index in [1.54, 1.807) is 11.9 Å². The fourth-order valence-electron chi connectivity index (χ4n) is 1.47. The molecule has 1 N–H and O–H groups in total. The summed E-state index contributed by atoms with van der Waals surface area (Å²) < 4.78 is 0. The van der Waals surface area contributed by atoms with Crippen molar-refractivity contribution in [1.82, 2.24) is 9.80 Å². The number of hydrogen-bond acceptors (Lipinski definition) is 2. The number of nitrogens with zero attached hydrogens (tertiary/aromatic N) is 2. The van der Waals surface area contributed by atoms with Crippen LogP contribution in [0.1, 0.15) is 19.3 Å². The Labute approximate surface area is 83.3 Å². The van der Waals surface area contributed by atoms with Crippen molar-refractivity contribution in [2.24, 2.45) is 0 Å². The van der Waals surface area contributed by atoms with E-state index in [4.69, 9.17) is 5.11 Å². The largest absolute Gasteiger partial charge is 0.480 e. The van der Waals surface area contributed by atoms with E-state index in [9.17, 15) is 9.59 Å². The van der Waals surface area contributed by atoms with Crippen molar-refractivity contribution in [3.8, 4) is 0 Å². The molecule has 0 aliphatic heterocycles. The molecule has 0 atom stereocenters. The van der Waals surface area contributed by atoms with Gasteiger partial charge in [0, 0.05) is 20.1 Å². The minimum Gasteiger partial charge on any atom is -0.480 e. The van der Waals surface area contributed by atoms with E-state index in [0.29, 0.717) is 6.04 Å². The van der Waals surface area contributed by atoms with Gasteiger partial charge in [0.2, 0.25) is 0 Å². The molecule has 0 aromatic rings. The Hall–Kier alpha value is -1.26. The molecule has 0 saturated heterocycles. The van der Waals surface area contributed by atoms with Crippen LogP contribution in [0.2, 0.25) is 0 Å². The third-order valence-electron chi connectivity index (χ3n) is 2.62. The molecule has 0 heterocycles. The molecule has 0 unspecified atom stereocenters. The van der Waals surface area contributed by atoms with Gasteiger partial charge >= 0.3 is 12.0 Å². The van der Waals surface area contributed by atoms with Crippen LogP contribution in [0, 0.1) is 0 Å². The fraction of sp³-hybridized carbons (Fsp3) is 0.778. The summed E-state index contributed by atoms with van der Waals surface area (Å²) in [4.78, 5) is 24.8. The molecular formula is C9H16N2O3. The lowest BCUT2D eigenvalue weighted by molar-refractivity contribution is -0.137. The van der Waals surface area contributed by atoms with E-state index in [2.05, 4.69) is 0 Å². The van der Waals surface area contributed by atoms with Gasteiger partial charge in [-0.2, -0.15) is 0 Å². The van der Waals surface area contributed by atoms with Gasteiger partial charge < -0.3 is 14.9 Å². The maximum Gasteiger partial charge on any atom is 0.323 e. The first-order valence-electron chi connectivity index (χ1n) is 4.72. The first-order chi connectivity index (χ1) is 6.52. The van der Waals surface area contributed by atoms with Crippen molar-refractivity contribution in [3.05, 3.63) is 0 Å². The average Bonchev–Trinajstić information content (AvgIpc) is 1.98. The van der Waals surface area contributed by atoms with Crippen molar-refractivity contribution in [2.75, 3.05) is 20.6 Å². The quantitative estimate of drug-likeness (QED) is 0.726. The van der Waals surface area contributed by atoms with Gasteiger partial charge in [-0.1, -0.05) is 0 Å². The standard InChI is InChI=1S/C9H16N2O3/c1-10(6-8(12)13)9(14)11(2)7-4-3-5-7/h7H,3-6H2,1-2H3,(H,12,13). The van der Waals surface area contributed by atoms with Crippen LogP contribution in [-0.2, 0) is 4.79 Å². The molecule has 2 amide bonds. The molecule has 0 aromatic heterocycles. The van der Waals surface area contributed by atoms with Gasteiger partial charge in [0.05, 0.1) is 0 Å². The number of carboxylic acids is 1. The predicted octanol–water partition coefficient (Wildman–Crippen LogP) is 0.607. The fourth-order valence-corrected chi connectivity index (χ4v) is 1.47. The van der Waals surface area contributed by atoms with Gasteiger partial charge in [0.1, 0.15) is 6.54 Å². The second kappa shape index (κ2) is 4.30. The molecule has 0 aromatic carbocycles. The van der Waals surface area contributed by atoms with E-state index >= 15 is 0 Å². The smallest absolute Gasteiger partial charge is 0.323 e. The summed E-state index contributed by atoms with van der Waals surface area (Å²) in [5.74, 6) is -0.983. The van der Waals surface area contributed by atoms with Gasteiger partial charge in [-0.25, -0.2) is 4.79 Å². The normalized spacial score (nSPS) is 15.9. The first-order valence-corrected chi connectivity index (χ1v) is 4.72. The monoisotopic (exact) mass is 200 g/mol. The zero-order valence-corrected chi connectivity index (χ0v) is 8.56. The SMILES string of the molecule is CN(CC(=O)O)C(=O)N(C)C1CCC1. The molecule has 1 saturated carbocycles. The van der Waals surface area contributed by atoms with E-state index < -0.39 is 5.97 Å². The van der Waals surface area contributed by atoms with E-state index in [1.807, 2.05) is 0 Å². The van der Waals surface area contributed by atoms with Crippen LogP contribution >= 0.6 is 0 Å². The average molecular weight is 200 g/mol. The zero-order valence-electron chi connectivity index (χ0n) is 8.56. The summed E-state index contributed by atoms with van der Waals surface area (Å²) in [7, 11) is 3.23. The van der Waals surface area contributed by atoms with Gasteiger partial charge in [-0.05, 0) is 19.3 Å². The Morgan fingerprint density at radius 2 is 1.93 bits per heavy atom. The van der Waals surface area contributed by atoms with Gasteiger partial charge in [0.15, 0.2) is 0 Å². The van der Waals surface area contributed by atoms with E-state index in [1.165, 1.54) is 11.9 Å². The highest BCUT2D eigenvalue weighted by Crippen LogP contribution is 2.23. The highest BCUT2D eigenvalue weighted by molar-refractivity contribution is 5.80. The van der Waals surface area contributed by atoms with Crippen molar-refractivity contribution < 1.29 is 14.7 Å². The molecule has 1 aliphatic carbocycles. The van der Waals surface area contributed by atoms with Crippen molar-refractivity contribution in [2.45, 2.75) is 25.3 Å². The maximum absolute atomic E-state index is 11.6. The van der Waals surface area contributed by atoms with Crippen molar-refractivity contribution >= 4 is 12.0 Å². The highest BCUT2D eigenvalue weighted by atomic mass is 16.4. The molecule has 1 rings (SSSR count). The Balaban J connectivity index is 2.42. The molecule has 14 heavy (non-hydrogen) atoms. The first kappa shape index (κ1) is 10.8. The Morgan fingerprint density at radius 1 is 1.36 bits per heavy atom. The van der Waals surface area contributed by atoms with Crippen LogP contribution in [0.4, 0.5) is 4.79 Å². The second-order valence-corrected chi connectivity index (χ2v) is 3.73. The number of likely N-dealkylation sites (N-methyl/N-ethyl adjacent to an activating group) is 1. The van der Waals surface area contributed by atoms with Crippen LogP contribution in [0.25, 0.3) is 0 Å². The summed E-state index contributed by atoms with van der Waals surface area (Å²) in [6.07, 6.45) is 3.22. The third kappa shape index (κ3) is 2.37. The molecule has 0 bridgehead atoms. The second-order valence-electron chi connectivity index (χ2n) is 3.73. The summed E-state index contributed by atoms with van der Waals surface area (Å²) in [6.45, 7) is -0.240. The van der Waals surface area contributed by atoms with Crippen LogP contribution in [0.15, 0.2) is 0 Å². The lowest BCUT2D eigenvalue weighted by Gasteiger charge is -2.36. The number of carbonyl (C=O) groups is 2. The number of amides is 2. The molecule has 1 aliphatic rings. The number of carbonyl (C=O) groups excluding carboxylic acids is 1. The van der Waals surface area contributed by atoms with Crippen molar-refractivity contribution in [1.29, 1.82) is 0 Å². The van der Waals surface area contributed by atoms with Crippen LogP contribution < -0.4 is 0 Å². The number of aliphatic carboxylic acids is 1. The number of rotatable bonds is 3. The Morgan fingerprint density at radius 3 is 2.29 bits per heavy atom. The number of hydrogen-bond donors (Lipinski definition) is 1. The Bertz CT molecular complexity index is 238. The Kier molecular flexibility index (Phi) is 3.33. The summed E-state index contributed by atoms with van der Waals surface area (Å²) in [6, 6.07) is 0.0934. The minimum atomic E-state index is -0.983. The molecule has 0 spiro atoms. The van der Waals surface area contributed by atoms with Crippen LogP contribution in [-0.4, -0.2) is 53.6 Å². The maximum atomic E-state index is 11.6. The van der Waals surface area contributed by atoms with E-state index in [0.717, 1.165) is 19.3 Å². The summed E-state index contributed by atoms with van der Waals surface area (Å²) in [5.41, 5.74) is 0. The third-order valence-corrected chi connectivity index (χ3v) is 2.62. The summed E-state index contributed by atoms with van der Waals surface area (Å²) in [5, 5.41) is 8.51. The van der Waals surface area contributed by atoms with Crippen LogP contribution in [0.5, 0.6) is 0 Å². The topological polar surface area (TPSA) is 60.9 Å². The summed E-state index contributed by atoms with van der Waals surface area (Å²) >= 11 is 0. The van der Waals surface area contributed by atoms with Crippen LogP contribution in [0.3, 0.4) is 0 Å². The zero-order chi connectivity index (χ0) is 10.7.